The average molecular weight is 255 g/mol. The first-order valence-corrected chi connectivity index (χ1v) is 5.93. The van der Waals surface area contributed by atoms with Crippen molar-refractivity contribution >= 4 is 23.2 Å². The molecule has 1 aliphatic heterocycles. The number of anilines is 1. The Morgan fingerprint density at radius 1 is 1.59 bits per heavy atom. The molecule has 5 heteroatoms. The molecule has 4 nitrogen and oxygen atoms in total. The van der Waals surface area contributed by atoms with Gasteiger partial charge in [0.2, 0.25) is 0 Å². The van der Waals surface area contributed by atoms with Crippen molar-refractivity contribution in [2.75, 3.05) is 12.3 Å². The fraction of sp³-hybridized carbons (Fsp3) is 0.417. The van der Waals surface area contributed by atoms with Crippen LogP contribution in [0.2, 0.25) is 5.02 Å². The number of carbonyl (C=O) groups is 1. The minimum atomic E-state index is -0.183. The van der Waals surface area contributed by atoms with Crippen molar-refractivity contribution in [3.8, 4) is 0 Å². The first kappa shape index (κ1) is 12.2. The topological polar surface area (TPSA) is 64.3 Å². The fourth-order valence-corrected chi connectivity index (χ4v) is 2.16. The zero-order chi connectivity index (χ0) is 12.4. The zero-order valence-electron chi connectivity index (χ0n) is 9.57. The van der Waals surface area contributed by atoms with Crippen LogP contribution in [0.5, 0.6) is 0 Å². The largest absolute Gasteiger partial charge is 0.399 e. The molecule has 1 aliphatic rings. The Balaban J connectivity index is 2.09. The number of nitrogens with one attached hydrogen (secondary N) is 1. The predicted octanol–water partition coefficient (Wildman–Crippen LogP) is 1.83. The predicted molar refractivity (Wildman–Crippen MR) is 67.1 cm³/mol. The number of amides is 1. The summed E-state index contributed by atoms with van der Waals surface area (Å²) >= 11 is 5.97. The number of nitrogen functional groups attached to an aromatic ring is 1. The van der Waals surface area contributed by atoms with Gasteiger partial charge in [-0.2, -0.15) is 0 Å². The summed E-state index contributed by atoms with van der Waals surface area (Å²) in [6.45, 7) is 2.63. The Hall–Kier alpha value is -1.26. The van der Waals surface area contributed by atoms with Crippen molar-refractivity contribution in [1.29, 1.82) is 0 Å². The van der Waals surface area contributed by atoms with E-state index in [-0.39, 0.29) is 18.1 Å². The average Bonchev–Trinajstić information content (AvgIpc) is 2.64. The summed E-state index contributed by atoms with van der Waals surface area (Å²) < 4.78 is 5.38. The van der Waals surface area contributed by atoms with Crippen LogP contribution in [0.25, 0.3) is 0 Å². The van der Waals surface area contributed by atoms with Gasteiger partial charge >= 0.3 is 0 Å². The Bertz CT molecular complexity index is 437. The molecule has 2 unspecified atom stereocenters. The van der Waals surface area contributed by atoms with E-state index in [2.05, 4.69) is 5.32 Å². The van der Waals surface area contributed by atoms with Gasteiger partial charge in [0, 0.05) is 12.3 Å². The zero-order valence-corrected chi connectivity index (χ0v) is 10.3. The highest BCUT2D eigenvalue weighted by Crippen LogP contribution is 2.20. The van der Waals surface area contributed by atoms with E-state index < -0.39 is 0 Å². The van der Waals surface area contributed by atoms with Crippen LogP contribution >= 0.6 is 11.6 Å². The molecular formula is C12H15ClN2O2. The Morgan fingerprint density at radius 3 is 2.94 bits per heavy atom. The summed E-state index contributed by atoms with van der Waals surface area (Å²) in [4.78, 5) is 12.0. The second-order valence-corrected chi connectivity index (χ2v) is 4.59. The maximum Gasteiger partial charge on any atom is 0.253 e. The summed E-state index contributed by atoms with van der Waals surface area (Å²) in [5, 5.41) is 3.29. The van der Waals surface area contributed by atoms with Crippen LogP contribution < -0.4 is 11.1 Å². The molecular weight excluding hydrogens is 240 g/mol. The summed E-state index contributed by atoms with van der Waals surface area (Å²) in [7, 11) is 0. The molecule has 1 saturated heterocycles. The van der Waals surface area contributed by atoms with Crippen LogP contribution in [0.15, 0.2) is 18.2 Å². The van der Waals surface area contributed by atoms with Crippen LogP contribution in [-0.4, -0.2) is 24.7 Å². The molecule has 1 fully saturated rings. The number of benzene rings is 1. The summed E-state index contributed by atoms with van der Waals surface area (Å²) in [5.74, 6) is -0.183. The number of nitrogens with two attached hydrogens (primary N) is 1. The van der Waals surface area contributed by atoms with Crippen LogP contribution in [0.1, 0.15) is 23.7 Å². The van der Waals surface area contributed by atoms with Crippen LogP contribution in [0.4, 0.5) is 5.69 Å². The van der Waals surface area contributed by atoms with Gasteiger partial charge in [-0.15, -0.1) is 0 Å². The molecule has 92 valence electrons. The van der Waals surface area contributed by atoms with Crippen molar-refractivity contribution in [2.24, 2.45) is 0 Å². The van der Waals surface area contributed by atoms with E-state index in [1.807, 2.05) is 6.92 Å². The van der Waals surface area contributed by atoms with Gasteiger partial charge in [0.1, 0.15) is 0 Å². The number of halogens is 1. The molecule has 0 spiro atoms. The third-order valence-corrected chi connectivity index (χ3v) is 3.24. The molecule has 3 N–H and O–H groups in total. The first-order valence-electron chi connectivity index (χ1n) is 5.55. The van der Waals surface area contributed by atoms with Crippen molar-refractivity contribution in [1.82, 2.24) is 5.32 Å². The molecule has 1 aromatic rings. The van der Waals surface area contributed by atoms with Gasteiger partial charge in [-0.05, 0) is 31.5 Å². The maximum atomic E-state index is 12.0. The molecule has 0 bridgehead atoms. The van der Waals surface area contributed by atoms with Gasteiger partial charge in [0.15, 0.2) is 0 Å². The van der Waals surface area contributed by atoms with Crippen molar-refractivity contribution in [3.63, 3.8) is 0 Å². The molecule has 1 heterocycles. The lowest BCUT2D eigenvalue weighted by atomic mass is 10.1. The third kappa shape index (κ3) is 2.70. The lowest BCUT2D eigenvalue weighted by Gasteiger charge is -2.16. The maximum absolute atomic E-state index is 12.0. The fourth-order valence-electron chi connectivity index (χ4n) is 1.88. The van der Waals surface area contributed by atoms with Gasteiger partial charge in [-0.25, -0.2) is 0 Å². The number of hydrogen-bond donors (Lipinski definition) is 2. The van der Waals surface area contributed by atoms with E-state index in [1.165, 1.54) is 0 Å². The smallest absolute Gasteiger partial charge is 0.253 e. The van der Waals surface area contributed by atoms with Crippen LogP contribution in [0.3, 0.4) is 0 Å². The second-order valence-electron chi connectivity index (χ2n) is 4.18. The van der Waals surface area contributed by atoms with E-state index in [4.69, 9.17) is 22.1 Å². The molecule has 1 aromatic carbocycles. The summed E-state index contributed by atoms with van der Waals surface area (Å²) in [6.07, 6.45) is 0.881. The molecule has 0 radical (unpaired) electrons. The molecule has 0 aromatic heterocycles. The van der Waals surface area contributed by atoms with Crippen LogP contribution in [0, 0.1) is 0 Å². The molecule has 0 aliphatic carbocycles. The quantitative estimate of drug-likeness (QED) is 0.792. The standard InChI is InChI=1S/C12H15ClN2O2/c1-7-11(4-5-17-7)15-12(16)9-3-2-8(14)6-10(9)13/h2-3,6-7,11H,4-5,14H2,1H3,(H,15,16). The van der Waals surface area contributed by atoms with Gasteiger partial charge in [0.25, 0.3) is 5.91 Å². The normalized spacial score (nSPS) is 23.6. The highest BCUT2D eigenvalue weighted by Gasteiger charge is 2.26. The summed E-state index contributed by atoms with van der Waals surface area (Å²) in [5.41, 5.74) is 6.57. The van der Waals surface area contributed by atoms with Crippen LogP contribution in [-0.2, 0) is 4.74 Å². The Morgan fingerprint density at radius 2 is 2.35 bits per heavy atom. The minimum Gasteiger partial charge on any atom is -0.399 e. The number of carbonyl (C=O) groups excluding carboxylic acids is 1. The molecule has 1 amide bonds. The third-order valence-electron chi connectivity index (χ3n) is 2.93. The van der Waals surface area contributed by atoms with Gasteiger partial charge < -0.3 is 15.8 Å². The van der Waals surface area contributed by atoms with Gasteiger partial charge in [-0.1, -0.05) is 11.6 Å². The highest BCUT2D eigenvalue weighted by atomic mass is 35.5. The van der Waals surface area contributed by atoms with Crippen molar-refractivity contribution < 1.29 is 9.53 Å². The molecule has 2 rings (SSSR count). The monoisotopic (exact) mass is 254 g/mol. The van der Waals surface area contributed by atoms with Gasteiger partial charge in [-0.3, -0.25) is 4.79 Å². The highest BCUT2D eigenvalue weighted by molar-refractivity contribution is 6.34. The first-order chi connectivity index (χ1) is 8.08. The van der Waals surface area contributed by atoms with E-state index in [0.29, 0.717) is 22.9 Å². The lowest BCUT2D eigenvalue weighted by Crippen LogP contribution is -2.39. The number of rotatable bonds is 2. The minimum absolute atomic E-state index is 0.0477. The van der Waals surface area contributed by atoms with Gasteiger partial charge in [0.05, 0.1) is 22.7 Å². The van der Waals surface area contributed by atoms with E-state index in [1.54, 1.807) is 18.2 Å². The van der Waals surface area contributed by atoms with Crippen molar-refractivity contribution in [3.05, 3.63) is 28.8 Å². The molecule has 17 heavy (non-hydrogen) atoms. The Labute approximate surface area is 105 Å². The number of hydrogen-bond acceptors (Lipinski definition) is 3. The lowest BCUT2D eigenvalue weighted by molar-refractivity contribution is 0.0866. The van der Waals surface area contributed by atoms with Crippen molar-refractivity contribution in [2.45, 2.75) is 25.5 Å². The molecule has 2 atom stereocenters. The molecule has 0 saturated carbocycles. The number of ether oxygens (including phenoxy) is 1. The SMILES string of the molecule is CC1OCCC1NC(=O)c1ccc(N)cc1Cl. The van der Waals surface area contributed by atoms with E-state index in [0.717, 1.165) is 6.42 Å². The summed E-state index contributed by atoms with van der Waals surface area (Å²) in [6, 6.07) is 4.92. The Kier molecular flexibility index (Phi) is 3.54. The van der Waals surface area contributed by atoms with E-state index in [9.17, 15) is 4.79 Å². The van der Waals surface area contributed by atoms with E-state index >= 15 is 0 Å². The second kappa shape index (κ2) is 4.94.